The van der Waals surface area contributed by atoms with E-state index in [0.29, 0.717) is 11.8 Å². The van der Waals surface area contributed by atoms with Crippen LogP contribution in [0.2, 0.25) is 0 Å². The summed E-state index contributed by atoms with van der Waals surface area (Å²) in [4.78, 5) is 11.0. The third kappa shape index (κ3) is 2.18. The van der Waals surface area contributed by atoms with Gasteiger partial charge in [-0.1, -0.05) is 0 Å². The minimum atomic E-state index is 0.120. The molecule has 1 fully saturated rings. The summed E-state index contributed by atoms with van der Waals surface area (Å²) in [5.41, 5.74) is 0. The molecule has 1 rings (SSSR count). The molecule has 0 aromatic heterocycles. The van der Waals surface area contributed by atoms with Gasteiger partial charge in [0, 0.05) is 17.8 Å². The Morgan fingerprint density at radius 3 is 2.80 bits per heavy atom. The van der Waals surface area contributed by atoms with Gasteiger partial charge in [0.2, 0.25) is 5.91 Å². The molecule has 0 aromatic carbocycles. The summed E-state index contributed by atoms with van der Waals surface area (Å²) in [6.07, 6.45) is 2.11. The number of carbonyl (C=O) groups excluding carboxylic acids is 1. The fourth-order valence-corrected chi connectivity index (χ4v) is 0.822. The summed E-state index contributed by atoms with van der Waals surface area (Å²) >= 11 is 5.51. The van der Waals surface area contributed by atoms with Gasteiger partial charge in [0.1, 0.15) is 0 Å². The second kappa shape index (κ2) is 3.24. The second-order valence-electron chi connectivity index (χ2n) is 2.84. The van der Waals surface area contributed by atoms with E-state index < -0.39 is 0 Å². The molecule has 0 radical (unpaired) electrons. The Morgan fingerprint density at radius 2 is 2.40 bits per heavy atom. The normalized spacial score (nSPS) is 20.2. The molecule has 0 aromatic rings. The molecule has 1 saturated carbocycles. The first-order valence-corrected chi connectivity index (χ1v) is 4.14. The Morgan fingerprint density at radius 1 is 1.80 bits per heavy atom. The van der Waals surface area contributed by atoms with E-state index in [2.05, 4.69) is 5.32 Å². The van der Waals surface area contributed by atoms with E-state index >= 15 is 0 Å². The average molecular weight is 162 g/mol. The van der Waals surface area contributed by atoms with Gasteiger partial charge in [0.05, 0.1) is 0 Å². The van der Waals surface area contributed by atoms with Crippen LogP contribution in [-0.2, 0) is 4.79 Å². The maximum absolute atomic E-state index is 11.0. The van der Waals surface area contributed by atoms with Crippen molar-refractivity contribution in [2.45, 2.75) is 25.8 Å². The van der Waals surface area contributed by atoms with Crippen LogP contribution in [0, 0.1) is 5.92 Å². The largest absolute Gasteiger partial charge is 0.352 e. The van der Waals surface area contributed by atoms with Crippen molar-refractivity contribution in [1.82, 2.24) is 5.32 Å². The third-order valence-electron chi connectivity index (χ3n) is 1.57. The Bertz CT molecular complexity index is 134. The van der Waals surface area contributed by atoms with E-state index in [4.69, 9.17) is 11.6 Å². The molecule has 0 heterocycles. The lowest BCUT2D eigenvalue weighted by atomic mass is 10.3. The second-order valence-corrected chi connectivity index (χ2v) is 3.15. The lowest BCUT2D eigenvalue weighted by molar-refractivity contribution is -0.122. The number of rotatable bonds is 3. The predicted octanol–water partition coefficient (Wildman–Crippen LogP) is 1.14. The fraction of sp³-hybridized carbons (Fsp3) is 0.857. The highest BCUT2D eigenvalue weighted by atomic mass is 35.5. The molecule has 0 saturated heterocycles. The van der Waals surface area contributed by atoms with Gasteiger partial charge in [-0.05, 0) is 19.8 Å². The van der Waals surface area contributed by atoms with Gasteiger partial charge in [-0.2, -0.15) is 0 Å². The summed E-state index contributed by atoms with van der Waals surface area (Å²) in [7, 11) is 0. The number of alkyl halides is 1. The van der Waals surface area contributed by atoms with Crippen molar-refractivity contribution in [1.29, 1.82) is 0 Å². The Balaban J connectivity index is 2.16. The van der Waals surface area contributed by atoms with E-state index in [1.807, 2.05) is 6.92 Å². The van der Waals surface area contributed by atoms with Crippen LogP contribution in [0.15, 0.2) is 0 Å². The SMILES string of the molecule is CC(CCl)NC(=O)C1CC1. The van der Waals surface area contributed by atoms with Gasteiger partial charge >= 0.3 is 0 Å². The number of hydrogen-bond acceptors (Lipinski definition) is 1. The first-order valence-electron chi connectivity index (χ1n) is 3.60. The lowest BCUT2D eigenvalue weighted by Gasteiger charge is -2.08. The van der Waals surface area contributed by atoms with Crippen molar-refractivity contribution < 1.29 is 4.79 Å². The van der Waals surface area contributed by atoms with Crippen LogP contribution in [0.25, 0.3) is 0 Å². The average Bonchev–Trinajstić information content (AvgIpc) is 2.68. The van der Waals surface area contributed by atoms with E-state index in [9.17, 15) is 4.79 Å². The van der Waals surface area contributed by atoms with Crippen molar-refractivity contribution in [3.8, 4) is 0 Å². The van der Waals surface area contributed by atoms with Crippen molar-refractivity contribution in [2.24, 2.45) is 5.92 Å². The fourth-order valence-electron chi connectivity index (χ4n) is 0.745. The molecule has 10 heavy (non-hydrogen) atoms. The van der Waals surface area contributed by atoms with E-state index in [-0.39, 0.29) is 11.9 Å². The van der Waals surface area contributed by atoms with Crippen LogP contribution >= 0.6 is 11.6 Å². The van der Waals surface area contributed by atoms with Crippen LogP contribution < -0.4 is 5.32 Å². The van der Waals surface area contributed by atoms with Gasteiger partial charge in [-0.25, -0.2) is 0 Å². The molecule has 1 N–H and O–H groups in total. The molecule has 1 aliphatic rings. The summed E-state index contributed by atoms with van der Waals surface area (Å²) in [5.74, 6) is 0.970. The zero-order chi connectivity index (χ0) is 7.56. The molecule has 3 heteroatoms. The molecule has 2 nitrogen and oxygen atoms in total. The number of amides is 1. The van der Waals surface area contributed by atoms with Crippen LogP contribution in [0.4, 0.5) is 0 Å². The topological polar surface area (TPSA) is 29.1 Å². The Hall–Kier alpha value is -0.240. The quantitative estimate of drug-likeness (QED) is 0.618. The molecule has 0 spiro atoms. The Labute approximate surface area is 65.9 Å². The smallest absolute Gasteiger partial charge is 0.223 e. The van der Waals surface area contributed by atoms with Gasteiger partial charge in [0.25, 0.3) is 0 Å². The number of carbonyl (C=O) groups is 1. The summed E-state index contributed by atoms with van der Waals surface area (Å²) in [6.45, 7) is 1.91. The van der Waals surface area contributed by atoms with Crippen LogP contribution in [-0.4, -0.2) is 17.8 Å². The molecule has 0 bridgehead atoms. The maximum atomic E-state index is 11.0. The minimum Gasteiger partial charge on any atom is -0.352 e. The van der Waals surface area contributed by atoms with Crippen LogP contribution in [0.1, 0.15) is 19.8 Å². The van der Waals surface area contributed by atoms with Crippen molar-refractivity contribution in [3.63, 3.8) is 0 Å². The summed E-state index contributed by atoms with van der Waals surface area (Å²) in [6, 6.07) is 0.120. The van der Waals surface area contributed by atoms with Crippen LogP contribution in [0.3, 0.4) is 0 Å². The zero-order valence-corrected chi connectivity index (χ0v) is 6.82. The molecule has 1 atom stereocenters. The highest BCUT2D eigenvalue weighted by Gasteiger charge is 2.29. The van der Waals surface area contributed by atoms with E-state index in [0.717, 1.165) is 12.8 Å². The lowest BCUT2D eigenvalue weighted by Crippen LogP contribution is -2.34. The molecular formula is C7H12ClNO. The number of hydrogen-bond donors (Lipinski definition) is 1. The van der Waals surface area contributed by atoms with Crippen molar-refractivity contribution >= 4 is 17.5 Å². The van der Waals surface area contributed by atoms with Gasteiger partial charge in [-0.15, -0.1) is 11.6 Å². The molecular weight excluding hydrogens is 150 g/mol. The zero-order valence-electron chi connectivity index (χ0n) is 6.06. The van der Waals surface area contributed by atoms with E-state index in [1.54, 1.807) is 0 Å². The highest BCUT2D eigenvalue weighted by Crippen LogP contribution is 2.28. The molecule has 0 aliphatic heterocycles. The number of halogens is 1. The minimum absolute atomic E-state index is 0.120. The van der Waals surface area contributed by atoms with Gasteiger partial charge in [-0.3, -0.25) is 4.79 Å². The standard InChI is InChI=1S/C7H12ClNO/c1-5(4-8)9-7(10)6-2-3-6/h5-6H,2-4H2,1H3,(H,9,10). The summed E-state index contributed by atoms with van der Waals surface area (Å²) in [5, 5.41) is 2.82. The monoisotopic (exact) mass is 161 g/mol. The van der Waals surface area contributed by atoms with Crippen molar-refractivity contribution in [3.05, 3.63) is 0 Å². The molecule has 1 amide bonds. The highest BCUT2D eigenvalue weighted by molar-refractivity contribution is 6.18. The first-order chi connectivity index (χ1) is 4.74. The van der Waals surface area contributed by atoms with E-state index in [1.165, 1.54) is 0 Å². The number of nitrogens with one attached hydrogen (secondary N) is 1. The molecule has 1 unspecified atom stereocenters. The van der Waals surface area contributed by atoms with Crippen molar-refractivity contribution in [2.75, 3.05) is 5.88 Å². The predicted molar refractivity (Wildman–Crippen MR) is 41.0 cm³/mol. The summed E-state index contributed by atoms with van der Waals surface area (Å²) < 4.78 is 0. The Kier molecular flexibility index (Phi) is 2.55. The third-order valence-corrected chi connectivity index (χ3v) is 2.03. The van der Waals surface area contributed by atoms with Crippen LogP contribution in [0.5, 0.6) is 0 Å². The van der Waals surface area contributed by atoms with Gasteiger partial charge in [0.15, 0.2) is 0 Å². The molecule has 1 aliphatic carbocycles. The van der Waals surface area contributed by atoms with Gasteiger partial charge < -0.3 is 5.32 Å². The maximum Gasteiger partial charge on any atom is 0.223 e. The first kappa shape index (κ1) is 7.86. The molecule has 58 valence electrons.